The third-order valence-corrected chi connectivity index (χ3v) is 13.8. The Balaban J connectivity index is 0.000000253. The molecule has 8 rings (SSSR count). The highest BCUT2D eigenvalue weighted by molar-refractivity contribution is 5.99. The summed E-state index contributed by atoms with van der Waals surface area (Å²) in [5.74, 6) is 1.04. The number of carbonyl (C=O) groups is 6. The number of nitrogens with one attached hydrogen (secondary N) is 2. The van der Waals surface area contributed by atoms with E-state index in [1.807, 2.05) is 70.4 Å². The van der Waals surface area contributed by atoms with Gasteiger partial charge in [-0.1, -0.05) is 31.7 Å². The minimum absolute atomic E-state index is 0. The van der Waals surface area contributed by atoms with Gasteiger partial charge >= 0.3 is 24.1 Å². The Kier molecular flexibility index (Phi) is 21.6. The SMILES string of the molecule is C.CCN(CC)c1ncc(N2CCCC2=O)c(N[C@@H](Cc2ccc(OC(=O)N3CCCC3)cc2)C(=O)O)n1.CCN(CC)c1ncc(N2CCCC2=O)c(N[C@@H](Cc2ccc(OC(=O)N3CCCC3)cc2)C(=O)OC(C)(C)C)n1. The van der Waals surface area contributed by atoms with E-state index < -0.39 is 29.6 Å². The molecule has 22 heteroatoms. The van der Waals surface area contributed by atoms with E-state index in [4.69, 9.17) is 19.2 Å². The summed E-state index contributed by atoms with van der Waals surface area (Å²) in [7, 11) is 0. The predicted molar refractivity (Wildman–Crippen MR) is 303 cm³/mol. The average Bonchev–Trinajstić information content (AvgIpc) is 4.35. The van der Waals surface area contributed by atoms with Crippen LogP contribution in [0.25, 0.3) is 0 Å². The summed E-state index contributed by atoms with van der Waals surface area (Å²) < 4.78 is 16.7. The van der Waals surface area contributed by atoms with Gasteiger partial charge in [0.25, 0.3) is 0 Å². The molecule has 428 valence electrons. The van der Waals surface area contributed by atoms with Crippen LogP contribution in [0.4, 0.5) is 44.5 Å². The second-order valence-corrected chi connectivity index (χ2v) is 20.5. The number of amides is 4. The molecule has 4 saturated heterocycles. The normalized spacial score (nSPS) is 15.9. The number of likely N-dealkylation sites (tertiary alicyclic amines) is 2. The van der Waals surface area contributed by atoms with Crippen molar-refractivity contribution in [2.45, 2.75) is 138 Å². The van der Waals surface area contributed by atoms with Crippen molar-refractivity contribution in [3.63, 3.8) is 0 Å². The maximum absolute atomic E-state index is 13.5. The fourth-order valence-corrected chi connectivity index (χ4v) is 9.55. The van der Waals surface area contributed by atoms with E-state index >= 15 is 0 Å². The first-order valence-corrected chi connectivity index (χ1v) is 27.4. The number of nitrogens with zero attached hydrogens (tertiary/aromatic N) is 10. The summed E-state index contributed by atoms with van der Waals surface area (Å²) >= 11 is 0. The fourth-order valence-electron chi connectivity index (χ4n) is 9.55. The molecule has 0 saturated carbocycles. The van der Waals surface area contributed by atoms with Crippen molar-refractivity contribution in [2.24, 2.45) is 0 Å². The number of rotatable bonds is 20. The molecule has 6 heterocycles. The zero-order valence-electron chi connectivity index (χ0n) is 46.2. The lowest BCUT2D eigenvalue weighted by Gasteiger charge is -2.28. The monoisotopic (exact) mass is 1090 g/mol. The van der Waals surface area contributed by atoms with Crippen LogP contribution >= 0.6 is 0 Å². The van der Waals surface area contributed by atoms with E-state index in [1.54, 1.807) is 68.4 Å². The van der Waals surface area contributed by atoms with Crippen molar-refractivity contribution in [3.8, 4) is 11.5 Å². The van der Waals surface area contributed by atoms with E-state index in [0.29, 0.717) is 125 Å². The summed E-state index contributed by atoms with van der Waals surface area (Å²) in [4.78, 5) is 104. The predicted octanol–water partition coefficient (Wildman–Crippen LogP) is 8.20. The minimum atomic E-state index is -1.05. The van der Waals surface area contributed by atoms with Gasteiger partial charge in [-0.15, -0.1) is 0 Å². The van der Waals surface area contributed by atoms with Crippen molar-refractivity contribution >= 4 is 70.8 Å². The molecule has 4 aromatic rings. The molecule has 22 nitrogen and oxygen atoms in total. The van der Waals surface area contributed by atoms with Crippen LogP contribution in [-0.2, 0) is 36.8 Å². The third kappa shape index (κ3) is 16.4. The van der Waals surface area contributed by atoms with Crippen LogP contribution < -0.4 is 39.7 Å². The Morgan fingerprint density at radius 1 is 0.595 bits per heavy atom. The molecular weight excluding hydrogens is 1010 g/mol. The lowest BCUT2D eigenvalue weighted by molar-refractivity contribution is -0.155. The van der Waals surface area contributed by atoms with Gasteiger partial charge in [-0.2, -0.15) is 9.97 Å². The van der Waals surface area contributed by atoms with Crippen molar-refractivity contribution in [2.75, 3.05) is 95.7 Å². The number of hydrogen-bond acceptors (Lipinski definition) is 17. The van der Waals surface area contributed by atoms with E-state index in [-0.39, 0.29) is 44.3 Å². The van der Waals surface area contributed by atoms with Crippen LogP contribution in [0.3, 0.4) is 0 Å². The first-order chi connectivity index (χ1) is 37.5. The van der Waals surface area contributed by atoms with Crippen LogP contribution in [0.1, 0.15) is 118 Å². The number of carboxylic acid groups (broad SMARTS) is 1. The fraction of sp³-hybridized carbons (Fsp3) is 0.544. The molecule has 0 bridgehead atoms. The van der Waals surface area contributed by atoms with Crippen LogP contribution in [0.5, 0.6) is 11.5 Å². The maximum Gasteiger partial charge on any atom is 0.415 e. The molecule has 0 aliphatic carbocycles. The summed E-state index contributed by atoms with van der Waals surface area (Å²) in [6.07, 6.45) is 9.29. The summed E-state index contributed by atoms with van der Waals surface area (Å²) in [6.45, 7) is 20.2. The highest BCUT2D eigenvalue weighted by Gasteiger charge is 2.32. The molecule has 4 aliphatic heterocycles. The molecule has 0 spiro atoms. The number of carbonyl (C=O) groups excluding carboxylic acids is 5. The van der Waals surface area contributed by atoms with Crippen molar-refractivity contribution in [1.82, 2.24) is 29.7 Å². The first-order valence-electron chi connectivity index (χ1n) is 27.4. The number of anilines is 6. The molecule has 0 unspecified atom stereocenters. The number of aliphatic carboxylic acids is 1. The van der Waals surface area contributed by atoms with Crippen LogP contribution in [0, 0.1) is 0 Å². The lowest BCUT2D eigenvalue weighted by Crippen LogP contribution is -2.39. The zero-order chi connectivity index (χ0) is 55.9. The van der Waals surface area contributed by atoms with E-state index in [9.17, 15) is 33.9 Å². The Morgan fingerprint density at radius 2 is 0.975 bits per heavy atom. The van der Waals surface area contributed by atoms with E-state index in [2.05, 4.69) is 25.6 Å². The van der Waals surface area contributed by atoms with Crippen molar-refractivity contribution in [3.05, 3.63) is 72.1 Å². The average molecular weight is 1090 g/mol. The molecule has 2 aromatic heterocycles. The van der Waals surface area contributed by atoms with Gasteiger partial charge in [-0.3, -0.25) is 9.59 Å². The standard InChI is InChI=1S/C30H42N6O5.C26H34N6O5.CH4/c1-6-34(7-2)28-31-20-24(36-18-10-11-25(36)37)26(33-28)32-23(27(38)41-30(3,4)5)19-21-12-14-22(15-13-21)40-29(39)35-16-8-9-17-35;1-3-30(4-2)25-27-17-21(32-15-7-8-22(32)33)23(29-25)28-20(24(34)35)16-18-9-11-19(12-10-18)37-26(36)31-13-5-6-14-31;/h12-15,20,23H,6-11,16-19H2,1-5H3,(H,31,32,33);9-12,17,20H,3-8,13-16H2,1-2H3,(H,34,35)(H,27,28,29);1H4/t23-;20-;/m00./s1. The highest BCUT2D eigenvalue weighted by atomic mass is 16.6. The molecular formula is C57H80N12O10. The second-order valence-electron chi connectivity index (χ2n) is 20.5. The summed E-state index contributed by atoms with van der Waals surface area (Å²) in [5.41, 5.74) is 1.91. The maximum atomic E-state index is 13.5. The van der Waals surface area contributed by atoms with E-state index in [1.165, 1.54) is 0 Å². The second kappa shape index (κ2) is 28.2. The van der Waals surface area contributed by atoms with E-state index in [0.717, 1.165) is 49.7 Å². The van der Waals surface area contributed by atoms with Gasteiger partial charge < -0.3 is 59.4 Å². The molecule has 79 heavy (non-hydrogen) atoms. The summed E-state index contributed by atoms with van der Waals surface area (Å²) in [6, 6.07) is 12.1. The van der Waals surface area contributed by atoms with Gasteiger partial charge in [-0.25, -0.2) is 29.1 Å². The van der Waals surface area contributed by atoms with Crippen LogP contribution in [-0.4, -0.2) is 154 Å². The number of carboxylic acids is 1. The minimum Gasteiger partial charge on any atom is -0.480 e. The quantitative estimate of drug-likeness (QED) is 0.0706. The molecule has 4 fully saturated rings. The van der Waals surface area contributed by atoms with Crippen LogP contribution in [0.2, 0.25) is 0 Å². The molecule has 3 N–H and O–H groups in total. The van der Waals surface area contributed by atoms with Crippen molar-refractivity contribution < 1.29 is 48.1 Å². The van der Waals surface area contributed by atoms with Gasteiger partial charge in [0.2, 0.25) is 23.7 Å². The number of ether oxygens (including phenoxy) is 3. The van der Waals surface area contributed by atoms with Gasteiger partial charge in [0, 0.05) is 91.1 Å². The molecule has 4 amide bonds. The van der Waals surface area contributed by atoms with Gasteiger partial charge in [0.15, 0.2) is 11.6 Å². The lowest BCUT2D eigenvalue weighted by atomic mass is 10.0. The van der Waals surface area contributed by atoms with Crippen LogP contribution in [0.15, 0.2) is 60.9 Å². The highest BCUT2D eigenvalue weighted by Crippen LogP contribution is 2.33. The van der Waals surface area contributed by atoms with Gasteiger partial charge in [0.05, 0.1) is 12.4 Å². The summed E-state index contributed by atoms with van der Waals surface area (Å²) in [5, 5.41) is 16.4. The Hall–Kier alpha value is -7.78. The van der Waals surface area contributed by atoms with Gasteiger partial charge in [0.1, 0.15) is 40.6 Å². The molecule has 2 aromatic carbocycles. The molecule has 2 atom stereocenters. The van der Waals surface area contributed by atoms with Gasteiger partial charge in [-0.05, 0) is 122 Å². The third-order valence-electron chi connectivity index (χ3n) is 13.8. The van der Waals surface area contributed by atoms with Crippen molar-refractivity contribution in [1.29, 1.82) is 0 Å². The molecule has 0 radical (unpaired) electrons. The zero-order valence-corrected chi connectivity index (χ0v) is 46.2. The number of hydrogen-bond donors (Lipinski definition) is 3. The number of benzene rings is 2. The molecule has 4 aliphatic rings. The first kappa shape index (κ1) is 60.4. The Labute approximate surface area is 464 Å². The Morgan fingerprint density at radius 3 is 1.32 bits per heavy atom. The Bertz CT molecular complexity index is 2700. The number of esters is 1. The number of aromatic nitrogens is 4. The smallest absolute Gasteiger partial charge is 0.415 e. The topological polar surface area (TPSA) is 245 Å². The largest absolute Gasteiger partial charge is 0.480 e.